The fraction of sp³-hybridized carbons (Fsp3) is 0.160. The van der Waals surface area contributed by atoms with Crippen LogP contribution in [-0.2, 0) is 12.7 Å². The summed E-state index contributed by atoms with van der Waals surface area (Å²) >= 11 is 5.74. The molecule has 3 aromatic carbocycles. The Morgan fingerprint density at radius 2 is 1.51 bits per heavy atom. The first-order valence-electron chi connectivity index (χ1n) is 11.0. The first-order chi connectivity index (χ1) is 18.4. The van der Waals surface area contributed by atoms with E-state index in [4.69, 9.17) is 11.6 Å². The maximum absolute atomic E-state index is 13.9. The Hall–Kier alpha value is -4.13. The molecule has 0 saturated carbocycles. The summed E-state index contributed by atoms with van der Waals surface area (Å²) < 4.78 is 95.7. The van der Waals surface area contributed by atoms with Gasteiger partial charge in [-0.15, -0.1) is 0 Å². The number of nitrogens with zero attached hydrogens (tertiary/aromatic N) is 3. The molecule has 14 heteroatoms. The molecule has 0 saturated heterocycles. The Labute approximate surface area is 221 Å². The molecule has 4 rings (SSSR count). The van der Waals surface area contributed by atoms with Crippen molar-refractivity contribution in [2.24, 2.45) is 0 Å². The Morgan fingerprint density at radius 3 is 2.23 bits per heavy atom. The van der Waals surface area contributed by atoms with Crippen molar-refractivity contribution in [3.8, 4) is 17.1 Å². The number of hydrogen-bond donors (Lipinski definition) is 2. The van der Waals surface area contributed by atoms with E-state index in [-0.39, 0.29) is 29.2 Å². The van der Waals surface area contributed by atoms with Crippen molar-refractivity contribution >= 4 is 29.2 Å². The number of anilines is 3. The third-order valence-corrected chi connectivity index (χ3v) is 5.36. The minimum atomic E-state index is -4.68. The second-order valence-corrected chi connectivity index (χ2v) is 8.46. The molecule has 0 aliphatic rings. The van der Waals surface area contributed by atoms with Crippen molar-refractivity contribution in [3.63, 3.8) is 0 Å². The van der Waals surface area contributed by atoms with Crippen molar-refractivity contribution in [2.75, 3.05) is 17.2 Å². The number of alkyl halides is 6. The number of hydrogen-bond acceptors (Lipinski definition) is 6. The standard InChI is InChI=1S/C25H17ClF7N5O/c26-19-8-7-16(10-20(19)27)15-4-1-3-14(9-15)12-34-21-36-22(38-23(37-21)39-13-24(28,29)30)35-18-6-2-5-17(11-18)25(31,32)33/h1-11H,12-13H2,(H2,34,35,36,37,38). The van der Waals surface area contributed by atoms with E-state index in [0.29, 0.717) is 16.7 Å². The number of aromatic nitrogens is 3. The molecule has 0 fully saturated rings. The van der Waals surface area contributed by atoms with Crippen LogP contribution < -0.4 is 15.4 Å². The van der Waals surface area contributed by atoms with Gasteiger partial charge >= 0.3 is 18.4 Å². The molecule has 1 heterocycles. The molecule has 0 amide bonds. The molecule has 0 unspecified atom stereocenters. The van der Waals surface area contributed by atoms with Crippen LogP contribution in [0.1, 0.15) is 11.1 Å². The third kappa shape index (κ3) is 7.93. The van der Waals surface area contributed by atoms with E-state index in [0.717, 1.165) is 18.2 Å². The van der Waals surface area contributed by atoms with Crippen LogP contribution >= 0.6 is 11.6 Å². The van der Waals surface area contributed by atoms with E-state index in [9.17, 15) is 30.7 Å². The van der Waals surface area contributed by atoms with Gasteiger partial charge in [-0.25, -0.2) is 4.39 Å². The predicted molar refractivity (Wildman–Crippen MR) is 130 cm³/mol. The lowest BCUT2D eigenvalue weighted by Crippen LogP contribution is -2.21. The molecular weight excluding hydrogens is 555 g/mol. The van der Waals surface area contributed by atoms with Gasteiger partial charge in [0.15, 0.2) is 6.61 Å². The predicted octanol–water partition coefficient (Wildman–Crippen LogP) is 7.65. The van der Waals surface area contributed by atoms with Gasteiger partial charge < -0.3 is 15.4 Å². The molecule has 39 heavy (non-hydrogen) atoms. The average molecular weight is 572 g/mol. The minimum Gasteiger partial charge on any atom is -0.454 e. The SMILES string of the molecule is Fc1cc(-c2cccc(CNc3nc(Nc4cccc(C(F)(F)F)c4)nc(OCC(F)(F)F)n3)c2)ccc1Cl. The van der Waals surface area contributed by atoms with Gasteiger partial charge in [0.1, 0.15) is 5.82 Å². The largest absolute Gasteiger partial charge is 0.454 e. The first kappa shape index (κ1) is 27.9. The van der Waals surface area contributed by atoms with Crippen LogP contribution in [0.5, 0.6) is 6.01 Å². The highest BCUT2D eigenvalue weighted by Crippen LogP contribution is 2.31. The molecule has 0 spiro atoms. The summed E-state index contributed by atoms with van der Waals surface area (Å²) in [5, 5.41) is 5.32. The number of rotatable bonds is 8. The van der Waals surface area contributed by atoms with E-state index in [2.05, 4.69) is 30.3 Å². The third-order valence-electron chi connectivity index (χ3n) is 5.06. The Balaban J connectivity index is 1.56. The lowest BCUT2D eigenvalue weighted by molar-refractivity contribution is -0.154. The van der Waals surface area contributed by atoms with Gasteiger partial charge in [0.25, 0.3) is 0 Å². The molecule has 2 N–H and O–H groups in total. The molecule has 0 bridgehead atoms. The van der Waals surface area contributed by atoms with E-state index in [1.807, 2.05) is 0 Å². The summed E-state index contributed by atoms with van der Waals surface area (Å²) in [5.41, 5.74) is 0.893. The van der Waals surface area contributed by atoms with Gasteiger partial charge in [-0.1, -0.05) is 41.9 Å². The molecule has 6 nitrogen and oxygen atoms in total. The van der Waals surface area contributed by atoms with E-state index < -0.39 is 36.4 Å². The molecular formula is C25H17ClF7N5O. The van der Waals surface area contributed by atoms with Gasteiger partial charge in [-0.05, 0) is 53.1 Å². The lowest BCUT2D eigenvalue weighted by Gasteiger charge is -2.13. The van der Waals surface area contributed by atoms with Gasteiger partial charge in [0.2, 0.25) is 11.9 Å². The van der Waals surface area contributed by atoms with Crippen molar-refractivity contribution in [2.45, 2.75) is 18.9 Å². The van der Waals surface area contributed by atoms with Crippen LogP contribution in [0.2, 0.25) is 5.02 Å². The van der Waals surface area contributed by atoms with Gasteiger partial charge in [-0.2, -0.15) is 41.3 Å². The number of halogens is 8. The maximum atomic E-state index is 13.9. The van der Waals surface area contributed by atoms with E-state index in [1.54, 1.807) is 30.3 Å². The molecule has 4 aromatic rings. The Bertz CT molecular complexity index is 1460. The summed E-state index contributed by atoms with van der Waals surface area (Å²) in [6, 6.07) is 14.6. The van der Waals surface area contributed by atoms with Crippen molar-refractivity contribution in [3.05, 3.63) is 88.7 Å². The van der Waals surface area contributed by atoms with Crippen LogP contribution in [0.25, 0.3) is 11.1 Å². The highest BCUT2D eigenvalue weighted by atomic mass is 35.5. The van der Waals surface area contributed by atoms with Crippen molar-refractivity contribution in [1.29, 1.82) is 0 Å². The van der Waals surface area contributed by atoms with Crippen LogP contribution in [0.3, 0.4) is 0 Å². The molecule has 0 aliphatic carbocycles. The lowest BCUT2D eigenvalue weighted by atomic mass is 10.0. The molecule has 0 aliphatic heterocycles. The Morgan fingerprint density at radius 1 is 0.795 bits per heavy atom. The number of nitrogens with one attached hydrogen (secondary N) is 2. The zero-order chi connectivity index (χ0) is 28.2. The van der Waals surface area contributed by atoms with Gasteiger partial charge in [-0.3, -0.25) is 0 Å². The zero-order valence-corrected chi connectivity index (χ0v) is 20.3. The van der Waals surface area contributed by atoms with Gasteiger partial charge in [0, 0.05) is 12.2 Å². The van der Waals surface area contributed by atoms with Gasteiger partial charge in [0.05, 0.1) is 10.6 Å². The molecule has 204 valence electrons. The summed E-state index contributed by atoms with van der Waals surface area (Å²) in [5.74, 6) is -1.15. The molecule has 0 radical (unpaired) electrons. The molecule has 1 aromatic heterocycles. The van der Waals surface area contributed by atoms with Crippen LogP contribution in [0.15, 0.2) is 66.7 Å². The fourth-order valence-electron chi connectivity index (χ4n) is 3.32. The monoisotopic (exact) mass is 571 g/mol. The van der Waals surface area contributed by atoms with Crippen LogP contribution in [0.4, 0.5) is 48.3 Å². The minimum absolute atomic E-state index is 0.0236. The van der Waals surface area contributed by atoms with Crippen LogP contribution in [0, 0.1) is 5.82 Å². The summed E-state index contributed by atoms with van der Waals surface area (Å²) in [6.45, 7) is -1.62. The molecule has 0 atom stereocenters. The average Bonchev–Trinajstić information content (AvgIpc) is 2.87. The Kier molecular flexibility index (Phi) is 8.09. The first-order valence-corrected chi connectivity index (χ1v) is 11.4. The highest BCUT2D eigenvalue weighted by molar-refractivity contribution is 6.30. The quantitative estimate of drug-likeness (QED) is 0.212. The van der Waals surface area contributed by atoms with E-state index >= 15 is 0 Å². The normalized spacial score (nSPS) is 11.8. The fourth-order valence-corrected chi connectivity index (χ4v) is 3.44. The summed E-state index contributed by atoms with van der Waals surface area (Å²) in [7, 11) is 0. The summed E-state index contributed by atoms with van der Waals surface area (Å²) in [4.78, 5) is 11.6. The van der Waals surface area contributed by atoms with Crippen molar-refractivity contribution < 1.29 is 35.5 Å². The second kappa shape index (κ2) is 11.3. The maximum Gasteiger partial charge on any atom is 0.422 e. The topological polar surface area (TPSA) is 72.0 Å². The number of benzene rings is 3. The second-order valence-electron chi connectivity index (χ2n) is 8.06. The van der Waals surface area contributed by atoms with Crippen LogP contribution in [-0.4, -0.2) is 27.7 Å². The van der Waals surface area contributed by atoms with Crippen molar-refractivity contribution in [1.82, 2.24) is 15.0 Å². The summed E-state index contributed by atoms with van der Waals surface area (Å²) in [6.07, 6.45) is -9.30. The van der Waals surface area contributed by atoms with E-state index in [1.165, 1.54) is 18.2 Å². The highest BCUT2D eigenvalue weighted by Gasteiger charge is 2.31. The zero-order valence-electron chi connectivity index (χ0n) is 19.5. The smallest absolute Gasteiger partial charge is 0.422 e. The number of ether oxygens (including phenoxy) is 1.